The lowest BCUT2D eigenvalue weighted by atomic mass is 10.0. The average molecular weight is 489 g/mol. The maximum Gasteiger partial charge on any atom is 0.252 e. The molecular formula is C27H28N4O3S. The summed E-state index contributed by atoms with van der Waals surface area (Å²) in [5.41, 5.74) is 5.55. The predicted molar refractivity (Wildman–Crippen MR) is 137 cm³/mol. The molecule has 1 N–H and O–H groups in total. The van der Waals surface area contributed by atoms with Gasteiger partial charge in [-0.1, -0.05) is 60.2 Å². The van der Waals surface area contributed by atoms with Crippen LogP contribution in [0, 0.1) is 13.8 Å². The number of aryl methyl sites for hydroxylation is 2. The molecule has 1 amide bonds. The fraction of sp³-hybridized carbons (Fsp3) is 0.296. The number of amides is 1. The Morgan fingerprint density at radius 3 is 2.51 bits per heavy atom. The molecule has 8 heteroatoms. The fourth-order valence-corrected chi connectivity index (χ4v) is 6.34. The third kappa shape index (κ3) is 4.84. The molecule has 2 aromatic heterocycles. The largest absolute Gasteiger partial charge is 0.352 e. The van der Waals surface area contributed by atoms with Gasteiger partial charge in [-0.15, -0.1) is 0 Å². The van der Waals surface area contributed by atoms with Crippen molar-refractivity contribution >= 4 is 26.8 Å². The normalized spacial score (nSPS) is 17.0. The van der Waals surface area contributed by atoms with Crippen molar-refractivity contribution < 1.29 is 13.2 Å². The number of sulfone groups is 1. The van der Waals surface area contributed by atoms with Crippen molar-refractivity contribution in [2.75, 3.05) is 18.1 Å². The van der Waals surface area contributed by atoms with Gasteiger partial charge in [-0.25, -0.2) is 18.1 Å². The van der Waals surface area contributed by atoms with E-state index in [0.717, 1.165) is 23.1 Å². The number of fused-ring (bicyclic) bond motifs is 1. The van der Waals surface area contributed by atoms with E-state index in [1.807, 2.05) is 74.5 Å². The summed E-state index contributed by atoms with van der Waals surface area (Å²) in [4.78, 5) is 18.3. The third-order valence-electron chi connectivity index (χ3n) is 6.53. The number of aromatic nitrogens is 3. The van der Waals surface area contributed by atoms with Crippen LogP contribution in [0.1, 0.15) is 39.6 Å². The Bertz CT molecular complexity index is 1490. The van der Waals surface area contributed by atoms with Crippen LogP contribution in [0.4, 0.5) is 0 Å². The summed E-state index contributed by atoms with van der Waals surface area (Å²) in [6.07, 6.45) is 1.22. The van der Waals surface area contributed by atoms with Gasteiger partial charge in [0.25, 0.3) is 5.91 Å². The molecule has 2 aromatic carbocycles. The summed E-state index contributed by atoms with van der Waals surface area (Å²) in [6.45, 7) is 4.36. The summed E-state index contributed by atoms with van der Waals surface area (Å²) in [6, 6.07) is 19.5. The lowest BCUT2D eigenvalue weighted by Crippen LogP contribution is -2.26. The lowest BCUT2D eigenvalue weighted by Gasteiger charge is -2.12. The van der Waals surface area contributed by atoms with Gasteiger partial charge in [0.1, 0.15) is 0 Å². The summed E-state index contributed by atoms with van der Waals surface area (Å²) in [5.74, 6) is -0.00995. The number of hydrogen-bond donors (Lipinski definition) is 1. The SMILES string of the molecule is Cc1ccc(-c2cc(C(=O)NCCc3ccccc3)c3c(C)nn([C@@H]4CCS(=O)(=O)C4)c3n2)cc1. The lowest BCUT2D eigenvalue weighted by molar-refractivity contribution is 0.0955. The van der Waals surface area contributed by atoms with Crippen molar-refractivity contribution in [3.05, 3.63) is 83.0 Å². The number of nitrogens with zero attached hydrogens (tertiary/aromatic N) is 3. The van der Waals surface area contributed by atoms with Crippen LogP contribution in [0.15, 0.2) is 60.7 Å². The minimum atomic E-state index is -3.10. The molecule has 0 aliphatic carbocycles. The molecule has 0 bridgehead atoms. The zero-order valence-corrected chi connectivity index (χ0v) is 20.7. The van der Waals surface area contributed by atoms with Gasteiger partial charge in [0, 0.05) is 12.1 Å². The molecule has 1 saturated heterocycles. The van der Waals surface area contributed by atoms with Crippen LogP contribution in [0.25, 0.3) is 22.3 Å². The highest BCUT2D eigenvalue weighted by Crippen LogP contribution is 2.32. The van der Waals surface area contributed by atoms with Gasteiger partial charge in [0.2, 0.25) is 0 Å². The van der Waals surface area contributed by atoms with Gasteiger partial charge in [0.05, 0.1) is 39.9 Å². The van der Waals surface area contributed by atoms with Gasteiger partial charge in [-0.05, 0) is 38.3 Å². The Morgan fingerprint density at radius 2 is 1.83 bits per heavy atom. The highest BCUT2D eigenvalue weighted by atomic mass is 32.2. The summed E-state index contributed by atoms with van der Waals surface area (Å²) < 4.78 is 26.0. The smallest absolute Gasteiger partial charge is 0.252 e. The zero-order valence-electron chi connectivity index (χ0n) is 19.9. The average Bonchev–Trinajstić information content (AvgIpc) is 3.38. The van der Waals surface area contributed by atoms with Crippen molar-refractivity contribution in [1.29, 1.82) is 0 Å². The number of rotatable bonds is 6. The monoisotopic (exact) mass is 488 g/mol. The molecule has 0 spiro atoms. The first-order chi connectivity index (χ1) is 16.8. The van der Waals surface area contributed by atoms with Crippen molar-refractivity contribution in [3.8, 4) is 11.3 Å². The number of carbonyl (C=O) groups is 1. The Morgan fingerprint density at radius 1 is 1.09 bits per heavy atom. The van der Waals surface area contributed by atoms with E-state index in [4.69, 9.17) is 4.98 Å². The zero-order chi connectivity index (χ0) is 24.6. The highest BCUT2D eigenvalue weighted by Gasteiger charge is 2.32. The molecule has 1 aliphatic heterocycles. The molecule has 1 fully saturated rings. The van der Waals surface area contributed by atoms with E-state index in [1.165, 1.54) is 0 Å². The van der Waals surface area contributed by atoms with Crippen LogP contribution in [-0.4, -0.2) is 47.1 Å². The molecule has 7 nitrogen and oxygen atoms in total. The quantitative estimate of drug-likeness (QED) is 0.442. The van der Waals surface area contributed by atoms with Crippen LogP contribution in [0.3, 0.4) is 0 Å². The standard InChI is InChI=1S/C27H28N4O3S/c1-18-8-10-21(11-9-18)24-16-23(27(32)28-14-12-20-6-4-3-5-7-20)25-19(2)30-31(26(25)29-24)22-13-15-35(33,34)17-22/h3-11,16,22H,12-15,17H2,1-2H3,(H,28,32)/t22-/m1/s1. The molecule has 35 heavy (non-hydrogen) atoms. The number of benzene rings is 2. The first-order valence-corrected chi connectivity index (χ1v) is 13.6. The molecule has 5 rings (SSSR count). The van der Waals surface area contributed by atoms with Gasteiger partial charge in [-0.2, -0.15) is 5.10 Å². The maximum atomic E-state index is 13.4. The van der Waals surface area contributed by atoms with E-state index in [2.05, 4.69) is 10.4 Å². The van der Waals surface area contributed by atoms with E-state index in [-0.39, 0.29) is 23.5 Å². The van der Waals surface area contributed by atoms with Gasteiger partial charge >= 0.3 is 0 Å². The minimum Gasteiger partial charge on any atom is -0.352 e. The topological polar surface area (TPSA) is 94.0 Å². The van der Waals surface area contributed by atoms with E-state index in [1.54, 1.807) is 4.68 Å². The molecule has 1 aliphatic rings. The minimum absolute atomic E-state index is 0.0399. The van der Waals surface area contributed by atoms with Crippen LogP contribution in [-0.2, 0) is 16.3 Å². The van der Waals surface area contributed by atoms with Crippen molar-refractivity contribution in [1.82, 2.24) is 20.1 Å². The van der Waals surface area contributed by atoms with Crippen LogP contribution >= 0.6 is 0 Å². The molecule has 180 valence electrons. The Labute approximate surface area is 205 Å². The predicted octanol–water partition coefficient (Wildman–Crippen LogP) is 4.05. The number of hydrogen-bond acceptors (Lipinski definition) is 5. The van der Waals surface area contributed by atoms with E-state index in [0.29, 0.717) is 41.0 Å². The van der Waals surface area contributed by atoms with E-state index in [9.17, 15) is 13.2 Å². The highest BCUT2D eigenvalue weighted by molar-refractivity contribution is 7.91. The third-order valence-corrected chi connectivity index (χ3v) is 8.28. The Balaban J connectivity index is 1.55. The van der Waals surface area contributed by atoms with Crippen molar-refractivity contribution in [2.24, 2.45) is 0 Å². The molecule has 3 heterocycles. The van der Waals surface area contributed by atoms with Crippen molar-refractivity contribution in [3.63, 3.8) is 0 Å². The molecule has 1 atom stereocenters. The van der Waals surface area contributed by atoms with Gasteiger partial charge in [0.15, 0.2) is 15.5 Å². The fourth-order valence-electron chi connectivity index (χ4n) is 4.65. The maximum absolute atomic E-state index is 13.4. The van der Waals surface area contributed by atoms with E-state index >= 15 is 0 Å². The Kier molecular flexibility index (Phi) is 6.15. The molecule has 0 saturated carbocycles. The van der Waals surface area contributed by atoms with Crippen LogP contribution in [0.5, 0.6) is 0 Å². The molecule has 0 unspecified atom stereocenters. The van der Waals surface area contributed by atoms with Gasteiger partial charge < -0.3 is 5.32 Å². The van der Waals surface area contributed by atoms with E-state index < -0.39 is 9.84 Å². The second-order valence-corrected chi connectivity index (χ2v) is 11.4. The van der Waals surface area contributed by atoms with Crippen LogP contribution < -0.4 is 5.32 Å². The number of pyridine rings is 1. The van der Waals surface area contributed by atoms with Crippen LogP contribution in [0.2, 0.25) is 0 Å². The number of carbonyl (C=O) groups excluding carboxylic acids is 1. The second-order valence-electron chi connectivity index (χ2n) is 9.20. The second kappa shape index (κ2) is 9.26. The number of nitrogens with one attached hydrogen (secondary N) is 1. The summed E-state index contributed by atoms with van der Waals surface area (Å²) >= 11 is 0. The summed E-state index contributed by atoms with van der Waals surface area (Å²) in [7, 11) is -3.10. The molecule has 4 aromatic rings. The first-order valence-electron chi connectivity index (χ1n) is 11.8. The van der Waals surface area contributed by atoms with Gasteiger partial charge in [-0.3, -0.25) is 4.79 Å². The molecular weight excluding hydrogens is 460 g/mol. The molecule has 0 radical (unpaired) electrons. The first kappa shape index (κ1) is 23.2. The summed E-state index contributed by atoms with van der Waals surface area (Å²) in [5, 5.41) is 8.38. The van der Waals surface area contributed by atoms with Crippen molar-refractivity contribution in [2.45, 2.75) is 32.7 Å². The Hall–Kier alpha value is -3.52.